The lowest BCUT2D eigenvalue weighted by Gasteiger charge is -2.12. The van der Waals surface area contributed by atoms with Gasteiger partial charge in [0.1, 0.15) is 16.4 Å². The number of hydrogen-bond donors (Lipinski definition) is 3. The third-order valence-corrected chi connectivity index (χ3v) is 7.03. The van der Waals surface area contributed by atoms with Gasteiger partial charge in [-0.1, -0.05) is 77.4 Å². The van der Waals surface area contributed by atoms with Crippen molar-refractivity contribution in [1.82, 2.24) is 0 Å². The third-order valence-electron chi connectivity index (χ3n) is 5.21. The average Bonchev–Trinajstić information content (AvgIpc) is 3.22. The van der Waals surface area contributed by atoms with E-state index in [9.17, 15) is 14.9 Å². The van der Waals surface area contributed by atoms with Gasteiger partial charge in [-0.15, -0.1) is 0 Å². The molecular formula is C26H19Cl2N5O2S. The van der Waals surface area contributed by atoms with Gasteiger partial charge in [-0.05, 0) is 35.9 Å². The molecule has 0 saturated carbocycles. The van der Waals surface area contributed by atoms with Gasteiger partial charge in [0.05, 0.1) is 34.1 Å². The van der Waals surface area contributed by atoms with Gasteiger partial charge in [-0.25, -0.2) is 0 Å². The predicted molar refractivity (Wildman–Crippen MR) is 145 cm³/mol. The van der Waals surface area contributed by atoms with Crippen molar-refractivity contribution in [2.24, 2.45) is 10.7 Å². The number of halogens is 2. The second-order valence-electron chi connectivity index (χ2n) is 7.66. The maximum atomic E-state index is 13.3. The van der Waals surface area contributed by atoms with Crippen LogP contribution in [0.2, 0.25) is 10.0 Å². The monoisotopic (exact) mass is 535 g/mol. The number of rotatable bonds is 6. The first-order chi connectivity index (χ1) is 17.4. The Bertz CT molecular complexity index is 1430. The SMILES string of the molecule is N#Cc1ccccc1NC(=O)[C@H]1SC(=NCc2ccccc2)C(C(=O)Nc2cc(Cl)ccc2Cl)=C1N. The van der Waals surface area contributed by atoms with Crippen LogP contribution < -0.4 is 16.4 Å². The summed E-state index contributed by atoms with van der Waals surface area (Å²) in [5.74, 6) is -1.04. The molecule has 10 heteroatoms. The Kier molecular flexibility index (Phi) is 7.96. The fourth-order valence-electron chi connectivity index (χ4n) is 3.44. The van der Waals surface area contributed by atoms with Gasteiger partial charge in [0.2, 0.25) is 5.91 Å². The number of nitrogens with two attached hydrogens (primary N) is 1. The van der Waals surface area contributed by atoms with Crippen molar-refractivity contribution in [3.63, 3.8) is 0 Å². The highest BCUT2D eigenvalue weighted by atomic mass is 35.5. The maximum absolute atomic E-state index is 13.3. The molecule has 4 rings (SSSR count). The minimum Gasteiger partial charge on any atom is -0.400 e. The molecule has 180 valence electrons. The number of nitrogens with one attached hydrogen (secondary N) is 2. The summed E-state index contributed by atoms with van der Waals surface area (Å²) in [4.78, 5) is 31.1. The van der Waals surface area contributed by atoms with Crippen LogP contribution in [0.5, 0.6) is 0 Å². The number of amides is 2. The van der Waals surface area contributed by atoms with Crippen LogP contribution in [0.4, 0.5) is 11.4 Å². The summed E-state index contributed by atoms with van der Waals surface area (Å²) in [7, 11) is 0. The van der Waals surface area contributed by atoms with Crippen LogP contribution in [0.1, 0.15) is 11.1 Å². The minimum absolute atomic E-state index is 0.0504. The van der Waals surface area contributed by atoms with E-state index < -0.39 is 17.1 Å². The fraction of sp³-hybridized carbons (Fsp3) is 0.0769. The van der Waals surface area contributed by atoms with E-state index >= 15 is 0 Å². The first kappa shape index (κ1) is 25.3. The molecule has 0 radical (unpaired) electrons. The number of thioether (sulfide) groups is 1. The Morgan fingerprint density at radius 3 is 2.47 bits per heavy atom. The van der Waals surface area contributed by atoms with Crippen LogP contribution in [-0.2, 0) is 16.1 Å². The molecule has 0 saturated heterocycles. The quantitative estimate of drug-likeness (QED) is 0.391. The van der Waals surface area contributed by atoms with Gasteiger partial charge >= 0.3 is 0 Å². The summed E-state index contributed by atoms with van der Waals surface area (Å²) in [5.41, 5.74) is 8.39. The second kappa shape index (κ2) is 11.3. The number of anilines is 2. The zero-order valence-electron chi connectivity index (χ0n) is 18.7. The zero-order valence-corrected chi connectivity index (χ0v) is 21.0. The lowest BCUT2D eigenvalue weighted by atomic mass is 10.1. The van der Waals surface area contributed by atoms with E-state index in [4.69, 9.17) is 28.9 Å². The first-order valence-corrected chi connectivity index (χ1v) is 12.3. The van der Waals surface area contributed by atoms with Crippen molar-refractivity contribution < 1.29 is 9.59 Å². The Morgan fingerprint density at radius 1 is 1.00 bits per heavy atom. The first-order valence-electron chi connectivity index (χ1n) is 10.7. The number of para-hydroxylation sites is 1. The summed E-state index contributed by atoms with van der Waals surface area (Å²) >= 11 is 13.3. The van der Waals surface area contributed by atoms with Crippen molar-refractivity contribution in [1.29, 1.82) is 5.26 Å². The molecule has 0 aromatic heterocycles. The van der Waals surface area contributed by atoms with Crippen LogP contribution in [0, 0.1) is 11.3 Å². The molecule has 4 N–H and O–H groups in total. The zero-order chi connectivity index (χ0) is 25.7. The van der Waals surface area contributed by atoms with Crippen LogP contribution in [-0.4, -0.2) is 22.1 Å². The van der Waals surface area contributed by atoms with Crippen molar-refractivity contribution in [2.75, 3.05) is 10.6 Å². The van der Waals surface area contributed by atoms with Crippen molar-refractivity contribution in [3.8, 4) is 6.07 Å². The molecule has 0 aliphatic carbocycles. The highest BCUT2D eigenvalue weighted by molar-refractivity contribution is 8.16. The van der Waals surface area contributed by atoms with Crippen LogP contribution in [0.25, 0.3) is 0 Å². The van der Waals surface area contributed by atoms with E-state index in [0.717, 1.165) is 17.3 Å². The van der Waals surface area contributed by atoms with Gasteiger partial charge in [0.25, 0.3) is 5.91 Å². The molecule has 3 aromatic carbocycles. The molecule has 1 aliphatic rings. The number of nitriles is 1. The highest BCUT2D eigenvalue weighted by Crippen LogP contribution is 2.35. The Balaban J connectivity index is 1.65. The Labute approximate surface area is 222 Å². The molecule has 7 nitrogen and oxygen atoms in total. The molecule has 0 fully saturated rings. The second-order valence-corrected chi connectivity index (χ2v) is 9.60. The molecule has 0 spiro atoms. The normalized spacial score (nSPS) is 16.0. The number of aliphatic imine (C=N–C) groups is 1. The number of nitrogens with zero attached hydrogens (tertiary/aromatic N) is 2. The third kappa shape index (κ3) is 5.71. The molecule has 1 heterocycles. The highest BCUT2D eigenvalue weighted by Gasteiger charge is 2.38. The molecule has 36 heavy (non-hydrogen) atoms. The molecule has 0 bridgehead atoms. The standard InChI is InChI=1S/C26H19Cl2N5O2S/c27-17-10-11-18(28)20(12-17)33-24(34)21-22(30)23(25(35)32-19-9-5-4-8-16(19)13-29)36-26(21)31-14-15-6-2-1-3-7-15/h1-12,23H,14,30H2,(H,32,35)(H,33,34)/t23-/m0/s1. The molecule has 1 aliphatic heterocycles. The maximum Gasteiger partial charge on any atom is 0.260 e. The molecule has 1 atom stereocenters. The molecule has 3 aromatic rings. The summed E-state index contributed by atoms with van der Waals surface area (Å²) in [5, 5.41) is 14.9. The number of carbonyl (C=O) groups excluding carboxylic acids is 2. The predicted octanol–water partition coefficient (Wildman–Crippen LogP) is 5.37. The minimum atomic E-state index is -0.929. The van der Waals surface area contributed by atoms with E-state index in [0.29, 0.717) is 32.0 Å². The summed E-state index contributed by atoms with van der Waals surface area (Å²) in [6.45, 7) is 0.288. The smallest absolute Gasteiger partial charge is 0.260 e. The van der Waals surface area contributed by atoms with Crippen molar-refractivity contribution in [2.45, 2.75) is 11.8 Å². The van der Waals surface area contributed by atoms with E-state index in [2.05, 4.69) is 15.6 Å². The van der Waals surface area contributed by atoms with E-state index in [1.54, 1.807) is 36.4 Å². The molecule has 2 amide bonds. The average molecular weight is 536 g/mol. The summed E-state index contributed by atoms with van der Waals surface area (Å²) in [6, 6.07) is 22.8. The number of benzene rings is 3. The number of carbonyl (C=O) groups is 2. The van der Waals surface area contributed by atoms with Gasteiger partial charge in [-0.3, -0.25) is 14.6 Å². The molecule has 0 unspecified atom stereocenters. The summed E-state index contributed by atoms with van der Waals surface area (Å²) < 4.78 is 0. The fourth-order valence-corrected chi connectivity index (χ4v) is 4.88. The lowest BCUT2D eigenvalue weighted by molar-refractivity contribution is -0.115. The van der Waals surface area contributed by atoms with Crippen LogP contribution in [0.15, 0.2) is 89.1 Å². The lowest BCUT2D eigenvalue weighted by Crippen LogP contribution is -2.29. The van der Waals surface area contributed by atoms with Gasteiger partial charge in [0.15, 0.2) is 0 Å². The van der Waals surface area contributed by atoms with E-state index in [1.807, 2.05) is 36.4 Å². The van der Waals surface area contributed by atoms with E-state index in [-0.39, 0.29) is 17.8 Å². The van der Waals surface area contributed by atoms with Gasteiger partial charge in [-0.2, -0.15) is 5.26 Å². The van der Waals surface area contributed by atoms with Gasteiger partial charge in [0, 0.05) is 10.7 Å². The molecular weight excluding hydrogens is 517 g/mol. The van der Waals surface area contributed by atoms with Gasteiger partial charge < -0.3 is 16.4 Å². The Hall–Kier alpha value is -3.77. The van der Waals surface area contributed by atoms with Crippen LogP contribution in [0.3, 0.4) is 0 Å². The van der Waals surface area contributed by atoms with Crippen molar-refractivity contribution >= 4 is 63.2 Å². The largest absolute Gasteiger partial charge is 0.400 e. The van der Waals surface area contributed by atoms with E-state index in [1.165, 1.54) is 6.07 Å². The Morgan fingerprint density at radius 2 is 1.72 bits per heavy atom. The van der Waals surface area contributed by atoms with Crippen LogP contribution >= 0.6 is 35.0 Å². The number of hydrogen-bond acceptors (Lipinski definition) is 6. The van der Waals surface area contributed by atoms with Crippen molar-refractivity contribution in [3.05, 3.63) is 105 Å². The summed E-state index contributed by atoms with van der Waals surface area (Å²) in [6.07, 6.45) is 0. The topological polar surface area (TPSA) is 120 Å².